The van der Waals surface area contributed by atoms with Crippen LogP contribution in [0.5, 0.6) is 5.75 Å². The highest BCUT2D eigenvalue weighted by molar-refractivity contribution is 5.33. The van der Waals surface area contributed by atoms with Crippen molar-refractivity contribution in [3.63, 3.8) is 0 Å². The van der Waals surface area contributed by atoms with Gasteiger partial charge in [-0.1, -0.05) is 25.1 Å². The summed E-state index contributed by atoms with van der Waals surface area (Å²) in [6, 6.07) is 8.06. The van der Waals surface area contributed by atoms with Gasteiger partial charge >= 0.3 is 0 Å². The minimum atomic E-state index is -0.770. The third kappa shape index (κ3) is 4.75. The third-order valence-corrected chi connectivity index (χ3v) is 2.91. The van der Waals surface area contributed by atoms with Gasteiger partial charge in [0.25, 0.3) is 0 Å². The van der Waals surface area contributed by atoms with Crippen LogP contribution in [-0.4, -0.2) is 23.9 Å². The first-order valence-electron chi connectivity index (χ1n) is 6.22. The second-order valence-electron chi connectivity index (χ2n) is 4.61. The van der Waals surface area contributed by atoms with E-state index in [4.69, 9.17) is 10.5 Å². The lowest BCUT2D eigenvalue weighted by Gasteiger charge is -2.20. The zero-order valence-electron chi connectivity index (χ0n) is 10.8. The highest BCUT2D eigenvalue weighted by Gasteiger charge is 2.16. The zero-order valence-corrected chi connectivity index (χ0v) is 10.8. The predicted octanol–water partition coefficient (Wildman–Crippen LogP) is 2.12. The maximum Gasteiger partial charge on any atom is 0.122 e. The number of benzene rings is 1. The van der Waals surface area contributed by atoms with Crippen molar-refractivity contribution in [1.29, 1.82) is 0 Å². The molecule has 0 amide bonds. The van der Waals surface area contributed by atoms with Gasteiger partial charge in [-0.05, 0) is 37.8 Å². The minimum absolute atomic E-state index is 0.290. The van der Waals surface area contributed by atoms with E-state index in [-0.39, 0.29) is 0 Å². The maximum atomic E-state index is 9.74. The summed E-state index contributed by atoms with van der Waals surface area (Å²) >= 11 is 0. The highest BCUT2D eigenvalue weighted by Crippen LogP contribution is 2.19. The van der Waals surface area contributed by atoms with Crippen LogP contribution in [0.15, 0.2) is 24.3 Å². The molecule has 1 aromatic carbocycles. The fourth-order valence-corrected chi connectivity index (χ4v) is 1.67. The van der Waals surface area contributed by atoms with Crippen molar-refractivity contribution >= 4 is 0 Å². The summed E-state index contributed by atoms with van der Waals surface area (Å²) in [5.74, 6) is 0.947. The molecule has 96 valence electrons. The highest BCUT2D eigenvalue weighted by atomic mass is 16.5. The first kappa shape index (κ1) is 14.0. The van der Waals surface area contributed by atoms with E-state index in [0.29, 0.717) is 19.6 Å². The van der Waals surface area contributed by atoms with Crippen LogP contribution >= 0.6 is 0 Å². The third-order valence-electron chi connectivity index (χ3n) is 2.91. The molecule has 3 heteroatoms. The number of ether oxygens (including phenoxy) is 1. The van der Waals surface area contributed by atoms with Crippen LogP contribution in [0.3, 0.4) is 0 Å². The molecule has 3 nitrogen and oxygen atoms in total. The van der Waals surface area contributed by atoms with Gasteiger partial charge in [-0.25, -0.2) is 0 Å². The van der Waals surface area contributed by atoms with Crippen LogP contribution in [0.4, 0.5) is 0 Å². The van der Waals surface area contributed by atoms with Gasteiger partial charge in [0.15, 0.2) is 0 Å². The maximum absolute atomic E-state index is 9.74. The van der Waals surface area contributed by atoms with E-state index in [1.165, 1.54) is 5.56 Å². The predicted molar refractivity (Wildman–Crippen MR) is 70.2 cm³/mol. The standard InChI is InChI=1S/C14H23NO2/c1-3-12-7-4-5-8-13(12)17-10-6-9-14(2,16)11-15/h4-5,7-8,16H,3,6,9-11,15H2,1-2H3. The normalized spacial score (nSPS) is 14.4. The Morgan fingerprint density at radius 1 is 1.35 bits per heavy atom. The van der Waals surface area contributed by atoms with Gasteiger partial charge in [-0.2, -0.15) is 0 Å². The van der Waals surface area contributed by atoms with Crippen molar-refractivity contribution in [2.75, 3.05) is 13.2 Å². The fourth-order valence-electron chi connectivity index (χ4n) is 1.67. The van der Waals surface area contributed by atoms with Gasteiger partial charge in [0.2, 0.25) is 0 Å². The summed E-state index contributed by atoms with van der Waals surface area (Å²) in [4.78, 5) is 0. The van der Waals surface area contributed by atoms with Crippen molar-refractivity contribution in [3.8, 4) is 5.75 Å². The van der Waals surface area contributed by atoms with E-state index >= 15 is 0 Å². The Labute approximate surface area is 104 Å². The summed E-state index contributed by atoms with van der Waals surface area (Å²) in [6.07, 6.45) is 2.44. The Hall–Kier alpha value is -1.06. The van der Waals surface area contributed by atoms with Crippen LogP contribution in [0.2, 0.25) is 0 Å². The Kier molecular flexibility index (Phi) is 5.45. The van der Waals surface area contributed by atoms with Gasteiger partial charge in [0.1, 0.15) is 5.75 Å². The molecule has 0 aliphatic heterocycles. The lowest BCUT2D eigenvalue weighted by molar-refractivity contribution is 0.0535. The Bertz CT molecular complexity index is 337. The van der Waals surface area contributed by atoms with Gasteiger partial charge < -0.3 is 15.6 Å². The number of rotatable bonds is 7. The monoisotopic (exact) mass is 237 g/mol. The molecule has 0 aliphatic carbocycles. The molecular formula is C14H23NO2. The molecule has 1 unspecified atom stereocenters. The molecule has 0 heterocycles. The molecule has 0 saturated carbocycles. The summed E-state index contributed by atoms with van der Waals surface area (Å²) in [7, 11) is 0. The quantitative estimate of drug-likeness (QED) is 0.714. The number of nitrogens with two attached hydrogens (primary N) is 1. The van der Waals surface area contributed by atoms with Crippen LogP contribution in [0.1, 0.15) is 32.3 Å². The Morgan fingerprint density at radius 3 is 2.71 bits per heavy atom. The van der Waals surface area contributed by atoms with Crippen molar-refractivity contribution in [3.05, 3.63) is 29.8 Å². The average molecular weight is 237 g/mol. The molecule has 17 heavy (non-hydrogen) atoms. The summed E-state index contributed by atoms with van der Waals surface area (Å²) in [5.41, 5.74) is 5.90. The summed E-state index contributed by atoms with van der Waals surface area (Å²) in [6.45, 7) is 4.78. The molecule has 0 aromatic heterocycles. The molecular weight excluding hydrogens is 214 g/mol. The average Bonchev–Trinajstić information content (AvgIpc) is 2.35. The van der Waals surface area contributed by atoms with E-state index in [9.17, 15) is 5.11 Å². The topological polar surface area (TPSA) is 55.5 Å². The number of hydrogen-bond donors (Lipinski definition) is 2. The van der Waals surface area contributed by atoms with Crippen LogP contribution in [-0.2, 0) is 6.42 Å². The first-order chi connectivity index (χ1) is 8.09. The fraction of sp³-hybridized carbons (Fsp3) is 0.571. The molecule has 1 atom stereocenters. The van der Waals surface area contributed by atoms with E-state index in [2.05, 4.69) is 13.0 Å². The minimum Gasteiger partial charge on any atom is -0.493 e. The van der Waals surface area contributed by atoms with Gasteiger partial charge in [0, 0.05) is 6.54 Å². The molecule has 0 radical (unpaired) electrons. The molecule has 0 spiro atoms. The van der Waals surface area contributed by atoms with Crippen molar-refractivity contribution in [2.24, 2.45) is 5.73 Å². The molecule has 0 aliphatic rings. The first-order valence-corrected chi connectivity index (χ1v) is 6.22. The Morgan fingerprint density at radius 2 is 2.06 bits per heavy atom. The molecule has 1 aromatic rings. The lowest BCUT2D eigenvalue weighted by atomic mass is 10.0. The van der Waals surface area contributed by atoms with Gasteiger partial charge in [-0.15, -0.1) is 0 Å². The van der Waals surface area contributed by atoms with E-state index in [1.807, 2.05) is 18.2 Å². The number of aryl methyl sites for hydroxylation is 1. The second kappa shape index (κ2) is 6.62. The van der Waals surface area contributed by atoms with Gasteiger partial charge in [-0.3, -0.25) is 0 Å². The van der Waals surface area contributed by atoms with Crippen molar-refractivity contribution in [2.45, 2.75) is 38.7 Å². The van der Waals surface area contributed by atoms with Crippen LogP contribution in [0, 0.1) is 0 Å². The van der Waals surface area contributed by atoms with Gasteiger partial charge in [0.05, 0.1) is 12.2 Å². The molecule has 1 rings (SSSR count). The zero-order chi connectivity index (χ0) is 12.7. The van der Waals surface area contributed by atoms with E-state index in [1.54, 1.807) is 6.92 Å². The molecule has 3 N–H and O–H groups in total. The van der Waals surface area contributed by atoms with E-state index in [0.717, 1.165) is 18.6 Å². The SMILES string of the molecule is CCc1ccccc1OCCCC(C)(O)CN. The Balaban J connectivity index is 2.36. The number of para-hydroxylation sites is 1. The van der Waals surface area contributed by atoms with Crippen LogP contribution in [0.25, 0.3) is 0 Å². The largest absolute Gasteiger partial charge is 0.493 e. The molecule has 0 bridgehead atoms. The molecule has 0 saturated heterocycles. The second-order valence-corrected chi connectivity index (χ2v) is 4.61. The lowest BCUT2D eigenvalue weighted by Crippen LogP contribution is -2.34. The molecule has 0 fully saturated rings. The summed E-state index contributed by atoms with van der Waals surface area (Å²) < 4.78 is 5.72. The van der Waals surface area contributed by atoms with Crippen molar-refractivity contribution < 1.29 is 9.84 Å². The summed E-state index contributed by atoms with van der Waals surface area (Å²) in [5, 5.41) is 9.74. The van der Waals surface area contributed by atoms with Crippen molar-refractivity contribution in [1.82, 2.24) is 0 Å². The van der Waals surface area contributed by atoms with Crippen LogP contribution < -0.4 is 10.5 Å². The number of aliphatic hydroxyl groups is 1. The van der Waals surface area contributed by atoms with E-state index < -0.39 is 5.60 Å². The smallest absolute Gasteiger partial charge is 0.122 e. The number of hydrogen-bond acceptors (Lipinski definition) is 3.